The molecule has 0 bridgehead atoms. The maximum absolute atomic E-state index is 5.74. The first-order valence-electron chi connectivity index (χ1n) is 7.19. The minimum Gasteiger partial charge on any atom is -0.377 e. The fourth-order valence-corrected chi connectivity index (χ4v) is 2.50. The molecule has 2 heterocycles. The van der Waals surface area contributed by atoms with E-state index in [9.17, 15) is 0 Å². The van der Waals surface area contributed by atoms with Crippen LogP contribution in [0.25, 0.3) is 0 Å². The van der Waals surface area contributed by atoms with Crippen molar-refractivity contribution in [1.82, 2.24) is 9.97 Å². The first-order chi connectivity index (χ1) is 9.22. The van der Waals surface area contributed by atoms with Crippen molar-refractivity contribution in [3.05, 3.63) is 11.9 Å². The van der Waals surface area contributed by atoms with E-state index in [2.05, 4.69) is 34.0 Å². The number of aryl methyl sites for hydroxylation is 1. The van der Waals surface area contributed by atoms with E-state index in [-0.39, 0.29) is 0 Å². The summed E-state index contributed by atoms with van der Waals surface area (Å²) in [6, 6.07) is 2.03. The molecule has 1 aromatic rings. The molecule has 5 heteroatoms. The molecule has 1 N–H and O–H groups in total. The molecular formula is C14H24N4O. The topological polar surface area (TPSA) is 50.3 Å². The average Bonchev–Trinajstić information content (AvgIpc) is 2.39. The third-order valence-electron chi connectivity index (χ3n) is 3.29. The fourth-order valence-electron chi connectivity index (χ4n) is 2.50. The Morgan fingerprint density at radius 1 is 1.42 bits per heavy atom. The van der Waals surface area contributed by atoms with Crippen molar-refractivity contribution < 1.29 is 4.74 Å². The minimum absolute atomic E-state index is 0.330. The van der Waals surface area contributed by atoms with Gasteiger partial charge in [0.1, 0.15) is 17.5 Å². The highest BCUT2D eigenvalue weighted by Gasteiger charge is 2.21. The summed E-state index contributed by atoms with van der Waals surface area (Å²) >= 11 is 0. The maximum atomic E-state index is 5.74. The van der Waals surface area contributed by atoms with Crippen LogP contribution in [0.3, 0.4) is 0 Å². The molecular weight excluding hydrogens is 240 g/mol. The molecule has 19 heavy (non-hydrogen) atoms. The van der Waals surface area contributed by atoms with E-state index in [1.54, 1.807) is 0 Å². The van der Waals surface area contributed by atoms with Gasteiger partial charge in [-0.15, -0.1) is 0 Å². The van der Waals surface area contributed by atoms with Crippen LogP contribution in [0.1, 0.15) is 32.5 Å². The van der Waals surface area contributed by atoms with Crippen molar-refractivity contribution in [3.8, 4) is 0 Å². The monoisotopic (exact) mass is 264 g/mol. The molecule has 0 aromatic carbocycles. The standard InChI is InChI=1S/C14H24N4O/c1-4-15-13-9-14(17-11(3)16-13)18-8-6-7-12(10-18)19-5-2/h9,12H,4-8,10H2,1-3H3,(H,15,16,17). The van der Waals surface area contributed by atoms with Crippen LogP contribution in [-0.2, 0) is 4.74 Å². The Labute approximate surface area is 115 Å². The minimum atomic E-state index is 0.330. The second-order valence-corrected chi connectivity index (χ2v) is 4.85. The first-order valence-corrected chi connectivity index (χ1v) is 7.19. The Hall–Kier alpha value is -1.36. The lowest BCUT2D eigenvalue weighted by atomic mass is 10.1. The molecule has 5 nitrogen and oxygen atoms in total. The molecule has 1 saturated heterocycles. The largest absolute Gasteiger partial charge is 0.377 e. The van der Waals surface area contributed by atoms with Crippen molar-refractivity contribution >= 4 is 11.6 Å². The first kappa shape index (κ1) is 14.1. The number of anilines is 2. The quantitative estimate of drug-likeness (QED) is 0.883. The zero-order valence-electron chi connectivity index (χ0n) is 12.1. The van der Waals surface area contributed by atoms with Gasteiger partial charge in [-0.3, -0.25) is 0 Å². The van der Waals surface area contributed by atoms with E-state index in [1.165, 1.54) is 0 Å². The number of nitrogens with one attached hydrogen (secondary N) is 1. The van der Waals surface area contributed by atoms with Crippen LogP contribution in [0.5, 0.6) is 0 Å². The lowest BCUT2D eigenvalue weighted by molar-refractivity contribution is 0.0525. The van der Waals surface area contributed by atoms with E-state index in [4.69, 9.17) is 4.74 Å². The van der Waals surface area contributed by atoms with Gasteiger partial charge in [0.15, 0.2) is 0 Å². The summed E-state index contributed by atoms with van der Waals surface area (Å²) in [4.78, 5) is 11.3. The van der Waals surface area contributed by atoms with Gasteiger partial charge >= 0.3 is 0 Å². The van der Waals surface area contributed by atoms with Crippen LogP contribution in [-0.4, -0.2) is 42.3 Å². The van der Waals surface area contributed by atoms with Crippen molar-refractivity contribution in [2.24, 2.45) is 0 Å². The van der Waals surface area contributed by atoms with Crippen molar-refractivity contribution in [2.45, 2.75) is 39.7 Å². The van der Waals surface area contributed by atoms with Gasteiger partial charge in [0.2, 0.25) is 0 Å². The Balaban J connectivity index is 2.11. The Morgan fingerprint density at radius 3 is 3.00 bits per heavy atom. The summed E-state index contributed by atoms with van der Waals surface area (Å²) in [5.74, 6) is 2.73. The van der Waals surface area contributed by atoms with Gasteiger partial charge in [-0.1, -0.05) is 0 Å². The Kier molecular flexibility index (Phi) is 4.96. The number of aromatic nitrogens is 2. The summed E-state index contributed by atoms with van der Waals surface area (Å²) < 4.78 is 5.74. The maximum Gasteiger partial charge on any atom is 0.134 e. The van der Waals surface area contributed by atoms with Crippen LogP contribution >= 0.6 is 0 Å². The number of piperidine rings is 1. The smallest absolute Gasteiger partial charge is 0.134 e. The normalized spacial score (nSPS) is 19.5. The van der Waals surface area contributed by atoms with E-state index in [0.29, 0.717) is 6.10 Å². The average molecular weight is 264 g/mol. The van der Waals surface area contributed by atoms with Gasteiger partial charge in [-0.2, -0.15) is 0 Å². The molecule has 1 aliphatic rings. The molecule has 106 valence electrons. The molecule has 0 radical (unpaired) electrons. The van der Waals surface area contributed by atoms with Gasteiger partial charge in [-0.05, 0) is 33.6 Å². The Bertz CT molecular complexity index is 408. The SMILES string of the molecule is CCNc1cc(N2CCCC(OCC)C2)nc(C)n1. The molecule has 2 rings (SSSR count). The molecule has 1 unspecified atom stereocenters. The summed E-state index contributed by atoms with van der Waals surface area (Å²) in [5.41, 5.74) is 0. The van der Waals surface area contributed by atoms with Crippen LogP contribution < -0.4 is 10.2 Å². The second kappa shape index (κ2) is 6.70. The summed E-state index contributed by atoms with van der Waals surface area (Å²) in [5, 5.41) is 3.26. The van der Waals surface area contributed by atoms with Crippen LogP contribution in [0.2, 0.25) is 0 Å². The summed E-state index contributed by atoms with van der Waals surface area (Å²) in [6.45, 7) is 9.69. The second-order valence-electron chi connectivity index (χ2n) is 4.85. The highest BCUT2D eigenvalue weighted by Crippen LogP contribution is 2.21. The van der Waals surface area contributed by atoms with Crippen LogP contribution in [0.15, 0.2) is 6.07 Å². The molecule has 1 aliphatic heterocycles. The van der Waals surface area contributed by atoms with Crippen molar-refractivity contribution in [3.63, 3.8) is 0 Å². The van der Waals surface area contributed by atoms with Gasteiger partial charge in [0, 0.05) is 32.3 Å². The lowest BCUT2D eigenvalue weighted by Crippen LogP contribution is -2.40. The zero-order valence-corrected chi connectivity index (χ0v) is 12.1. The molecule has 0 aliphatic carbocycles. The predicted molar refractivity (Wildman–Crippen MR) is 77.8 cm³/mol. The van der Waals surface area contributed by atoms with Gasteiger partial charge < -0.3 is 15.0 Å². The van der Waals surface area contributed by atoms with E-state index in [0.717, 1.165) is 56.5 Å². The lowest BCUT2D eigenvalue weighted by Gasteiger charge is -2.33. The highest BCUT2D eigenvalue weighted by molar-refractivity contribution is 5.49. The third kappa shape index (κ3) is 3.80. The van der Waals surface area contributed by atoms with E-state index in [1.807, 2.05) is 13.0 Å². The number of rotatable bonds is 5. The molecule has 0 spiro atoms. The molecule has 1 atom stereocenters. The molecule has 0 saturated carbocycles. The Morgan fingerprint density at radius 2 is 2.26 bits per heavy atom. The zero-order chi connectivity index (χ0) is 13.7. The van der Waals surface area contributed by atoms with Gasteiger partial charge in [-0.25, -0.2) is 9.97 Å². The number of ether oxygens (including phenoxy) is 1. The van der Waals surface area contributed by atoms with Crippen LogP contribution in [0, 0.1) is 6.92 Å². The number of hydrogen-bond acceptors (Lipinski definition) is 5. The predicted octanol–water partition coefficient (Wildman–Crippen LogP) is 2.22. The number of hydrogen-bond donors (Lipinski definition) is 1. The van der Waals surface area contributed by atoms with E-state index >= 15 is 0 Å². The fraction of sp³-hybridized carbons (Fsp3) is 0.714. The van der Waals surface area contributed by atoms with Gasteiger partial charge in [0.05, 0.1) is 6.10 Å². The molecule has 0 amide bonds. The summed E-state index contributed by atoms with van der Waals surface area (Å²) in [6.07, 6.45) is 2.63. The van der Waals surface area contributed by atoms with Crippen LogP contribution in [0.4, 0.5) is 11.6 Å². The highest BCUT2D eigenvalue weighted by atomic mass is 16.5. The summed E-state index contributed by atoms with van der Waals surface area (Å²) in [7, 11) is 0. The third-order valence-corrected chi connectivity index (χ3v) is 3.29. The van der Waals surface area contributed by atoms with E-state index < -0.39 is 0 Å². The van der Waals surface area contributed by atoms with Crippen molar-refractivity contribution in [2.75, 3.05) is 36.5 Å². The molecule has 1 fully saturated rings. The van der Waals surface area contributed by atoms with Gasteiger partial charge in [0.25, 0.3) is 0 Å². The van der Waals surface area contributed by atoms with Crippen molar-refractivity contribution in [1.29, 1.82) is 0 Å². The molecule has 1 aromatic heterocycles. The number of nitrogens with zero attached hydrogens (tertiary/aromatic N) is 3.